The second kappa shape index (κ2) is 5.38. The van der Waals surface area contributed by atoms with E-state index in [4.69, 9.17) is 5.11 Å². The van der Waals surface area contributed by atoms with Gasteiger partial charge >= 0.3 is 0 Å². The number of aryl methyl sites for hydroxylation is 1. The second-order valence-corrected chi connectivity index (χ2v) is 6.33. The van der Waals surface area contributed by atoms with Gasteiger partial charge in [-0.05, 0) is 12.8 Å². The quantitative estimate of drug-likeness (QED) is 0.790. The Morgan fingerprint density at radius 1 is 1.56 bits per heavy atom. The zero-order valence-corrected chi connectivity index (χ0v) is 11.3. The lowest BCUT2D eigenvalue weighted by molar-refractivity contribution is 0.178. The lowest BCUT2D eigenvalue weighted by Gasteiger charge is -2.35. The number of aromatic nitrogens is 2. The molecule has 0 bridgehead atoms. The van der Waals surface area contributed by atoms with Crippen LogP contribution in [0.25, 0.3) is 0 Å². The number of nitrogens with one attached hydrogen (secondary N) is 1. The van der Waals surface area contributed by atoms with E-state index < -0.39 is 10.0 Å². The molecule has 2 rings (SSSR count). The summed E-state index contributed by atoms with van der Waals surface area (Å²) in [4.78, 5) is 6.85. The number of imidazole rings is 1. The molecular weight excluding hydrogens is 254 g/mol. The summed E-state index contributed by atoms with van der Waals surface area (Å²) in [6, 6.07) is 0.0236. The smallest absolute Gasteiger partial charge is 0.260 e. The van der Waals surface area contributed by atoms with Crippen molar-refractivity contribution in [3.8, 4) is 0 Å². The number of hydrogen-bond acceptors (Lipinski definition) is 4. The number of rotatable bonds is 6. The fourth-order valence-electron chi connectivity index (χ4n) is 2.05. The Bertz CT molecular complexity index is 493. The van der Waals surface area contributed by atoms with Crippen molar-refractivity contribution in [1.82, 2.24) is 14.3 Å². The number of H-pyrrole nitrogens is 1. The highest BCUT2D eigenvalue weighted by Crippen LogP contribution is 2.29. The molecule has 102 valence electrons. The van der Waals surface area contributed by atoms with Gasteiger partial charge in [-0.15, -0.1) is 0 Å². The highest BCUT2D eigenvalue weighted by Gasteiger charge is 2.35. The molecule has 1 fully saturated rings. The fraction of sp³-hybridized carbons (Fsp3) is 0.727. The highest BCUT2D eigenvalue weighted by molar-refractivity contribution is 7.89. The average Bonchev–Trinajstić information content (AvgIpc) is 2.75. The van der Waals surface area contributed by atoms with Crippen LogP contribution in [0.15, 0.2) is 11.2 Å². The van der Waals surface area contributed by atoms with E-state index in [1.54, 1.807) is 0 Å². The molecule has 1 aromatic heterocycles. The maximum Gasteiger partial charge on any atom is 0.260 e. The largest absolute Gasteiger partial charge is 0.395 e. The van der Waals surface area contributed by atoms with Crippen molar-refractivity contribution in [1.29, 1.82) is 0 Å². The Balaban J connectivity index is 2.26. The summed E-state index contributed by atoms with van der Waals surface area (Å²) in [6.07, 6.45) is 4.81. The number of aliphatic hydroxyl groups excluding tert-OH is 1. The minimum atomic E-state index is -3.56. The Kier molecular flexibility index (Phi) is 4.04. The van der Waals surface area contributed by atoms with E-state index >= 15 is 0 Å². The SMILES string of the molecule is CCc1ncc(S(=O)(=O)N(CCO)C2CCC2)[nH]1. The molecule has 1 saturated carbocycles. The summed E-state index contributed by atoms with van der Waals surface area (Å²) in [5.41, 5.74) is 0. The van der Waals surface area contributed by atoms with Crippen LogP contribution < -0.4 is 0 Å². The van der Waals surface area contributed by atoms with Gasteiger partial charge in [-0.1, -0.05) is 13.3 Å². The molecule has 1 aliphatic carbocycles. The first-order valence-electron chi connectivity index (χ1n) is 6.26. The third-order valence-electron chi connectivity index (χ3n) is 3.33. The molecule has 0 amide bonds. The summed E-state index contributed by atoms with van der Waals surface area (Å²) >= 11 is 0. The van der Waals surface area contributed by atoms with Crippen LogP contribution in [0.5, 0.6) is 0 Å². The fourth-order valence-corrected chi connectivity index (χ4v) is 3.66. The molecule has 0 aliphatic heterocycles. The minimum Gasteiger partial charge on any atom is -0.395 e. The van der Waals surface area contributed by atoms with Gasteiger partial charge in [0.1, 0.15) is 5.82 Å². The van der Waals surface area contributed by atoms with E-state index in [0.29, 0.717) is 12.2 Å². The van der Waals surface area contributed by atoms with Crippen molar-refractivity contribution in [2.24, 2.45) is 0 Å². The van der Waals surface area contributed by atoms with Crippen LogP contribution in [0.3, 0.4) is 0 Å². The molecule has 1 heterocycles. The number of aromatic amines is 1. The normalized spacial score (nSPS) is 17.1. The van der Waals surface area contributed by atoms with Gasteiger partial charge in [-0.3, -0.25) is 0 Å². The van der Waals surface area contributed by atoms with E-state index in [9.17, 15) is 8.42 Å². The van der Waals surface area contributed by atoms with E-state index in [1.807, 2.05) is 6.92 Å². The van der Waals surface area contributed by atoms with E-state index in [1.165, 1.54) is 10.5 Å². The predicted octanol–water partition coefficient (Wildman–Crippen LogP) is 0.508. The minimum absolute atomic E-state index is 0.0236. The first kappa shape index (κ1) is 13.5. The first-order chi connectivity index (χ1) is 8.59. The molecule has 1 aliphatic rings. The molecule has 0 aromatic carbocycles. The van der Waals surface area contributed by atoms with Crippen LogP contribution in [-0.4, -0.2) is 47.0 Å². The van der Waals surface area contributed by atoms with E-state index in [-0.39, 0.29) is 24.2 Å². The van der Waals surface area contributed by atoms with Gasteiger partial charge in [0.2, 0.25) is 0 Å². The standard InChI is InChI=1S/C11H19N3O3S/c1-2-10-12-8-11(13-10)18(16,17)14(6-7-15)9-4-3-5-9/h8-9,15H,2-7H2,1H3,(H,12,13). The molecule has 0 atom stereocenters. The van der Waals surface area contributed by atoms with Crippen LogP contribution in [0.1, 0.15) is 32.0 Å². The van der Waals surface area contributed by atoms with Crippen molar-refractivity contribution >= 4 is 10.0 Å². The van der Waals surface area contributed by atoms with Crippen LogP contribution in [0, 0.1) is 0 Å². The average molecular weight is 273 g/mol. The Morgan fingerprint density at radius 2 is 2.28 bits per heavy atom. The van der Waals surface area contributed by atoms with Gasteiger partial charge in [0.25, 0.3) is 10.0 Å². The van der Waals surface area contributed by atoms with Gasteiger partial charge in [0.15, 0.2) is 5.03 Å². The second-order valence-electron chi connectivity index (χ2n) is 4.47. The van der Waals surface area contributed by atoms with Crippen molar-refractivity contribution in [3.63, 3.8) is 0 Å². The topological polar surface area (TPSA) is 86.3 Å². The number of sulfonamides is 1. The van der Waals surface area contributed by atoms with Crippen LogP contribution in [0.4, 0.5) is 0 Å². The zero-order chi connectivity index (χ0) is 13.2. The van der Waals surface area contributed by atoms with Gasteiger partial charge < -0.3 is 10.1 Å². The molecule has 2 N–H and O–H groups in total. The summed E-state index contributed by atoms with van der Waals surface area (Å²) in [7, 11) is -3.56. The maximum absolute atomic E-state index is 12.4. The molecule has 0 saturated heterocycles. The number of aliphatic hydroxyl groups is 1. The van der Waals surface area contributed by atoms with Crippen molar-refractivity contribution in [2.75, 3.05) is 13.2 Å². The summed E-state index contributed by atoms with van der Waals surface area (Å²) in [6.45, 7) is 1.89. The third-order valence-corrected chi connectivity index (χ3v) is 5.19. The summed E-state index contributed by atoms with van der Waals surface area (Å²) in [5, 5.41) is 9.16. The van der Waals surface area contributed by atoms with Crippen LogP contribution in [0.2, 0.25) is 0 Å². The van der Waals surface area contributed by atoms with E-state index in [2.05, 4.69) is 9.97 Å². The van der Waals surface area contributed by atoms with Gasteiger partial charge in [0.05, 0.1) is 12.8 Å². The molecule has 6 nitrogen and oxygen atoms in total. The Labute approximate surface area is 107 Å². The first-order valence-corrected chi connectivity index (χ1v) is 7.70. The maximum atomic E-state index is 12.4. The number of nitrogens with zero attached hydrogens (tertiary/aromatic N) is 2. The molecule has 0 spiro atoms. The predicted molar refractivity (Wildman–Crippen MR) is 66.6 cm³/mol. The third kappa shape index (κ3) is 2.43. The van der Waals surface area contributed by atoms with Gasteiger partial charge in [-0.25, -0.2) is 13.4 Å². The van der Waals surface area contributed by atoms with Crippen molar-refractivity contribution in [3.05, 3.63) is 12.0 Å². The van der Waals surface area contributed by atoms with E-state index in [0.717, 1.165) is 19.3 Å². The van der Waals surface area contributed by atoms with Crippen LogP contribution in [-0.2, 0) is 16.4 Å². The molecule has 0 radical (unpaired) electrons. The number of hydrogen-bond donors (Lipinski definition) is 2. The molecule has 1 aromatic rings. The summed E-state index contributed by atoms with van der Waals surface area (Å²) in [5.74, 6) is 0.658. The highest BCUT2D eigenvalue weighted by atomic mass is 32.2. The zero-order valence-electron chi connectivity index (χ0n) is 10.5. The van der Waals surface area contributed by atoms with Crippen molar-refractivity contribution < 1.29 is 13.5 Å². The van der Waals surface area contributed by atoms with Gasteiger partial charge in [0, 0.05) is 19.0 Å². The Hall–Kier alpha value is -0.920. The molecule has 0 unspecified atom stereocenters. The summed E-state index contributed by atoms with van der Waals surface area (Å²) < 4.78 is 26.3. The lowest BCUT2D eigenvalue weighted by Crippen LogP contribution is -2.45. The van der Waals surface area contributed by atoms with Crippen molar-refractivity contribution in [2.45, 2.75) is 43.7 Å². The monoisotopic (exact) mass is 273 g/mol. The Morgan fingerprint density at radius 3 is 2.72 bits per heavy atom. The molecule has 18 heavy (non-hydrogen) atoms. The molecular formula is C11H19N3O3S. The van der Waals surface area contributed by atoms with Gasteiger partial charge in [-0.2, -0.15) is 4.31 Å². The molecule has 7 heteroatoms. The lowest BCUT2D eigenvalue weighted by atomic mass is 9.93. The van der Waals surface area contributed by atoms with Crippen LogP contribution >= 0.6 is 0 Å².